The molecule has 0 saturated carbocycles. The van der Waals surface area contributed by atoms with E-state index in [1.165, 1.54) is 13.8 Å². The number of hydrogen-bond donors (Lipinski definition) is 9. The third-order valence-corrected chi connectivity index (χ3v) is 11.6. The molecule has 0 radical (unpaired) electrons. The molecule has 2 amide bonds. The molecule has 4 rings (SSSR count). The predicted molar refractivity (Wildman–Crippen MR) is 187 cm³/mol. The van der Waals surface area contributed by atoms with E-state index in [1.54, 1.807) is 11.8 Å². The lowest BCUT2D eigenvalue weighted by Crippen LogP contribution is -2.46. The number of carbonyl (C=O) groups excluding carboxylic acids is 2. The summed E-state index contributed by atoms with van der Waals surface area (Å²) in [5, 5.41) is 26.5. The van der Waals surface area contributed by atoms with Gasteiger partial charge < -0.3 is 50.9 Å². The van der Waals surface area contributed by atoms with Gasteiger partial charge in [0.25, 0.3) is 0 Å². The molecule has 1 saturated heterocycles. The Morgan fingerprint density at radius 2 is 1.72 bits per heavy atom. The summed E-state index contributed by atoms with van der Waals surface area (Å²) in [6, 6.07) is 9.57. The van der Waals surface area contributed by atoms with Gasteiger partial charge in [0.1, 0.15) is 36.3 Å². The van der Waals surface area contributed by atoms with Gasteiger partial charge in [-0.25, -0.2) is 28.6 Å². The molecule has 23 nitrogen and oxygen atoms in total. The third kappa shape index (κ3) is 12.6. The van der Waals surface area contributed by atoms with Crippen LogP contribution >= 0.6 is 35.2 Å². The number of hydrogen-bond acceptors (Lipinski definition) is 17. The fourth-order valence-corrected chi connectivity index (χ4v) is 8.43. The number of imidazole rings is 1. The van der Waals surface area contributed by atoms with E-state index >= 15 is 0 Å². The number of phosphoric ester groups is 3. The Kier molecular flexibility index (Phi) is 14.9. The average molecular weight is 844 g/mol. The fourth-order valence-electron chi connectivity index (χ4n) is 4.82. The molecule has 27 heteroatoms. The van der Waals surface area contributed by atoms with Gasteiger partial charge in [-0.05, 0) is 12.1 Å². The van der Waals surface area contributed by atoms with Gasteiger partial charge in [0.05, 0.1) is 19.5 Å². The van der Waals surface area contributed by atoms with Crippen LogP contribution in [0, 0.1) is 5.41 Å². The predicted octanol–water partition coefficient (Wildman–Crippen LogP) is 0.197. The zero-order chi connectivity index (χ0) is 39.9. The minimum atomic E-state index is -5.55. The van der Waals surface area contributed by atoms with Gasteiger partial charge in [-0.2, -0.15) is 4.31 Å². The van der Waals surface area contributed by atoms with E-state index in [9.17, 15) is 53.1 Å². The van der Waals surface area contributed by atoms with Gasteiger partial charge in [0, 0.05) is 35.6 Å². The lowest BCUT2D eigenvalue weighted by Gasteiger charge is -2.30. The summed E-state index contributed by atoms with van der Waals surface area (Å²) < 4.78 is 62.1. The number of rotatable bonds is 20. The molecule has 0 bridgehead atoms. The van der Waals surface area contributed by atoms with Crippen molar-refractivity contribution >= 4 is 64.0 Å². The van der Waals surface area contributed by atoms with Crippen LogP contribution in [0.15, 0.2) is 47.9 Å². The van der Waals surface area contributed by atoms with Crippen molar-refractivity contribution in [2.45, 2.75) is 55.8 Å². The number of aliphatic hydroxyl groups is 2. The van der Waals surface area contributed by atoms with Crippen LogP contribution in [-0.2, 0) is 45.9 Å². The Morgan fingerprint density at radius 1 is 1.04 bits per heavy atom. The average Bonchev–Trinajstić information content (AvgIpc) is 3.65. The molecule has 54 heavy (non-hydrogen) atoms. The number of amides is 2. The van der Waals surface area contributed by atoms with Gasteiger partial charge >= 0.3 is 23.5 Å². The Bertz CT molecular complexity index is 1900. The maximum absolute atomic E-state index is 12.7. The standard InChI is InChI=1S/C27H40N7O16P3S/c1-27(2,22(37)25(38)30-9-8-18(35)29-10-11-54-16-6-4-3-5-7-16)13-47-53(44,45)50-52(42,43)46-12-17-21(49-51(39,40)41)20(36)26(48-17)34-15-33-19-23(28)31-14-32-24(19)34/h3-7,14-15,17,20-22,26,36-37H,8-13H2,1-2H3,(H,29,35)(H,30,38)(H,42,43)(H,44,45)(H2,28,31,32)(H2,39,40,41)/t17-,20-,21-,22+,26-/m1/s1. The van der Waals surface area contributed by atoms with E-state index in [-0.39, 0.29) is 35.9 Å². The minimum absolute atomic E-state index is 0.0362. The fraction of sp³-hybridized carbons (Fsp3) is 0.519. The molecule has 10 N–H and O–H groups in total. The molecular formula is C27H40N7O16P3S. The highest BCUT2D eigenvalue weighted by Gasteiger charge is 2.50. The SMILES string of the molecule is CC(C)(COP(=O)(O)OP(=O)(O)OC[C@H]1O[C@@H](n2cnc3c(N)ncnc32)[C@H](O)[C@@H]1OP(=O)(O)O)[C@@H](O)C(=O)NCCC(=O)NCCSc1ccccc1. The van der Waals surface area contributed by atoms with Gasteiger partial charge in [-0.1, -0.05) is 32.0 Å². The Labute approximate surface area is 311 Å². The molecule has 2 unspecified atom stereocenters. The van der Waals surface area contributed by atoms with E-state index in [0.717, 1.165) is 22.1 Å². The number of thioether (sulfide) groups is 1. The molecule has 300 valence electrons. The number of nitrogen functional groups attached to an aromatic ring is 1. The van der Waals surface area contributed by atoms with Crippen molar-refractivity contribution in [3.8, 4) is 0 Å². The monoisotopic (exact) mass is 843 g/mol. The molecule has 1 aromatic carbocycles. The molecule has 1 aliphatic heterocycles. The zero-order valence-corrected chi connectivity index (χ0v) is 32.1. The van der Waals surface area contributed by atoms with Crippen LogP contribution in [0.5, 0.6) is 0 Å². The van der Waals surface area contributed by atoms with Crippen molar-refractivity contribution < 1.29 is 75.7 Å². The number of ether oxygens (including phenoxy) is 1. The molecule has 0 aliphatic carbocycles. The number of nitrogens with one attached hydrogen (secondary N) is 2. The summed E-state index contributed by atoms with van der Waals surface area (Å²) in [5.74, 6) is -0.698. The van der Waals surface area contributed by atoms with Crippen LogP contribution < -0.4 is 16.4 Å². The van der Waals surface area contributed by atoms with Crippen LogP contribution in [0.2, 0.25) is 0 Å². The van der Waals surface area contributed by atoms with E-state index in [1.807, 2.05) is 30.3 Å². The van der Waals surface area contributed by atoms with Crippen LogP contribution in [0.3, 0.4) is 0 Å². The maximum atomic E-state index is 12.7. The summed E-state index contributed by atoms with van der Waals surface area (Å²) >= 11 is 1.55. The number of nitrogens with zero attached hydrogens (tertiary/aromatic N) is 4. The van der Waals surface area contributed by atoms with E-state index in [2.05, 4.69) is 34.4 Å². The molecule has 3 heterocycles. The number of benzene rings is 1. The summed E-state index contributed by atoms with van der Waals surface area (Å²) in [4.78, 5) is 76.6. The number of fused-ring (bicyclic) bond motifs is 1. The van der Waals surface area contributed by atoms with Crippen molar-refractivity contribution in [1.82, 2.24) is 30.2 Å². The molecule has 1 fully saturated rings. The van der Waals surface area contributed by atoms with Crippen molar-refractivity contribution in [2.75, 3.05) is 37.8 Å². The number of phosphoric acid groups is 3. The second-order valence-electron chi connectivity index (χ2n) is 12.2. The zero-order valence-electron chi connectivity index (χ0n) is 28.6. The number of nitrogens with two attached hydrogens (primary N) is 1. The smallest absolute Gasteiger partial charge is 0.386 e. The molecule has 3 aromatic rings. The number of aromatic nitrogens is 4. The summed E-state index contributed by atoms with van der Waals surface area (Å²) in [6.45, 7) is 0.807. The van der Waals surface area contributed by atoms with Crippen molar-refractivity contribution in [3.05, 3.63) is 43.0 Å². The molecule has 2 aromatic heterocycles. The second-order valence-corrected chi connectivity index (χ2v) is 17.6. The second kappa shape index (κ2) is 18.4. The lowest BCUT2D eigenvalue weighted by atomic mass is 9.87. The van der Waals surface area contributed by atoms with E-state index in [4.69, 9.17) is 19.5 Å². The molecule has 7 atom stereocenters. The number of aliphatic hydroxyl groups excluding tert-OH is 2. The van der Waals surface area contributed by atoms with E-state index in [0.29, 0.717) is 12.3 Å². The summed E-state index contributed by atoms with van der Waals surface area (Å²) in [7, 11) is -16.3. The van der Waals surface area contributed by atoms with Crippen LogP contribution in [0.4, 0.5) is 5.82 Å². The highest BCUT2D eigenvalue weighted by Crippen LogP contribution is 2.61. The van der Waals surface area contributed by atoms with Gasteiger partial charge in [0.15, 0.2) is 17.7 Å². The van der Waals surface area contributed by atoms with Gasteiger partial charge in [-0.3, -0.25) is 27.7 Å². The maximum Gasteiger partial charge on any atom is 0.481 e. The topological polar surface area (TPSA) is 347 Å². The molecular weight excluding hydrogens is 803 g/mol. The van der Waals surface area contributed by atoms with Gasteiger partial charge in [0.2, 0.25) is 11.8 Å². The summed E-state index contributed by atoms with van der Waals surface area (Å²) in [5.41, 5.74) is 4.30. The quantitative estimate of drug-likeness (QED) is 0.0416. The number of carbonyl (C=O) groups is 2. The first-order valence-electron chi connectivity index (χ1n) is 15.7. The lowest BCUT2D eigenvalue weighted by molar-refractivity contribution is -0.137. The van der Waals surface area contributed by atoms with Crippen LogP contribution in [0.25, 0.3) is 11.2 Å². The largest absolute Gasteiger partial charge is 0.481 e. The molecule has 1 aliphatic rings. The first-order chi connectivity index (χ1) is 25.2. The van der Waals surface area contributed by atoms with Crippen molar-refractivity contribution in [1.29, 1.82) is 0 Å². The van der Waals surface area contributed by atoms with E-state index < -0.39 is 78.6 Å². The minimum Gasteiger partial charge on any atom is -0.386 e. The highest BCUT2D eigenvalue weighted by molar-refractivity contribution is 7.99. The van der Waals surface area contributed by atoms with Crippen LogP contribution in [0.1, 0.15) is 26.5 Å². The summed E-state index contributed by atoms with van der Waals surface area (Å²) in [6.07, 6.45) is -6.76. The van der Waals surface area contributed by atoms with Gasteiger partial charge in [-0.15, -0.1) is 11.8 Å². The first-order valence-corrected chi connectivity index (χ1v) is 21.3. The Balaban J connectivity index is 1.25. The Morgan fingerprint density at radius 3 is 2.41 bits per heavy atom. The Hall–Kier alpha value is -2.89. The van der Waals surface area contributed by atoms with Crippen molar-refractivity contribution in [3.63, 3.8) is 0 Å². The normalized spacial score (nSPS) is 22.0. The molecule has 0 spiro atoms. The van der Waals surface area contributed by atoms with Crippen molar-refractivity contribution in [2.24, 2.45) is 5.41 Å². The highest BCUT2D eigenvalue weighted by atomic mass is 32.2. The third-order valence-electron chi connectivity index (χ3n) is 7.51. The first kappa shape index (κ1) is 43.8. The van der Waals surface area contributed by atoms with Crippen LogP contribution in [-0.4, -0.2) is 118 Å². The number of anilines is 1.